The Balaban J connectivity index is 2.03. The molecule has 2 aliphatic heterocycles. The maximum Gasteiger partial charge on any atom is 0.245 e. The zero-order chi connectivity index (χ0) is 12.8. The van der Waals surface area contributed by atoms with Crippen LogP contribution >= 0.6 is 11.6 Å². The lowest BCUT2D eigenvalue weighted by atomic mass is 10.1. The molecule has 2 fully saturated rings. The lowest BCUT2D eigenvalue weighted by molar-refractivity contribution is 0.248. The molecule has 2 atom stereocenters. The van der Waals surface area contributed by atoms with E-state index in [4.69, 9.17) is 11.6 Å². The van der Waals surface area contributed by atoms with E-state index < -0.39 is 10.0 Å². The van der Waals surface area contributed by atoms with Gasteiger partial charge in [-0.15, -0.1) is 0 Å². The molecule has 2 heterocycles. The number of hydrogen-bond donors (Lipinski definition) is 0. The quantitative estimate of drug-likeness (QED) is 0.837. The van der Waals surface area contributed by atoms with Crippen LogP contribution in [0, 0.1) is 0 Å². The second-order valence-electron chi connectivity index (χ2n) is 5.08. The maximum atomic E-state index is 12.7. The number of sulfonamides is 1. The number of benzene rings is 1. The van der Waals surface area contributed by atoms with E-state index in [1.807, 2.05) is 0 Å². The highest BCUT2D eigenvalue weighted by molar-refractivity contribution is 7.89. The molecular formula is C13H16ClNO2S. The van der Waals surface area contributed by atoms with E-state index in [-0.39, 0.29) is 17.0 Å². The van der Waals surface area contributed by atoms with Crippen molar-refractivity contribution in [2.24, 2.45) is 0 Å². The second-order valence-corrected chi connectivity index (χ2v) is 7.30. The molecule has 3 rings (SSSR count). The predicted molar refractivity (Wildman–Crippen MR) is 71.1 cm³/mol. The molecule has 0 saturated carbocycles. The standard InChI is InChI=1S/C13H16ClNO2S/c14-12-6-1-2-7-13(12)18(16,17)15-10-4-3-5-11(15)9-8-10/h1-2,6-7,10-11H,3-5,8-9H2. The Labute approximate surface area is 113 Å². The SMILES string of the molecule is O=S(=O)(c1ccccc1Cl)N1C2CCCC1CC2. The van der Waals surface area contributed by atoms with Crippen molar-refractivity contribution in [2.45, 2.75) is 49.1 Å². The second kappa shape index (κ2) is 4.51. The Bertz CT molecular complexity index is 542. The van der Waals surface area contributed by atoms with Crippen LogP contribution in [0.25, 0.3) is 0 Å². The molecule has 0 aliphatic carbocycles. The highest BCUT2D eigenvalue weighted by Crippen LogP contribution is 2.40. The van der Waals surface area contributed by atoms with Gasteiger partial charge in [-0.3, -0.25) is 0 Å². The van der Waals surface area contributed by atoms with Gasteiger partial charge in [0.25, 0.3) is 0 Å². The largest absolute Gasteiger partial charge is 0.245 e. The van der Waals surface area contributed by atoms with Crippen molar-refractivity contribution >= 4 is 21.6 Å². The minimum absolute atomic E-state index is 0.185. The lowest BCUT2D eigenvalue weighted by Gasteiger charge is -2.33. The molecule has 1 aromatic rings. The smallest absolute Gasteiger partial charge is 0.207 e. The molecule has 2 bridgehead atoms. The van der Waals surface area contributed by atoms with Crippen molar-refractivity contribution in [1.29, 1.82) is 0 Å². The minimum Gasteiger partial charge on any atom is -0.207 e. The summed E-state index contributed by atoms with van der Waals surface area (Å²) in [5.41, 5.74) is 0. The van der Waals surface area contributed by atoms with Crippen LogP contribution in [0.1, 0.15) is 32.1 Å². The van der Waals surface area contributed by atoms with E-state index in [1.165, 1.54) is 0 Å². The van der Waals surface area contributed by atoms with E-state index in [0.29, 0.717) is 5.02 Å². The molecule has 2 unspecified atom stereocenters. The first-order valence-corrected chi connectivity index (χ1v) is 8.20. The molecule has 0 aromatic heterocycles. The molecule has 3 nitrogen and oxygen atoms in total. The zero-order valence-electron chi connectivity index (χ0n) is 10.0. The first-order valence-electron chi connectivity index (χ1n) is 6.39. The van der Waals surface area contributed by atoms with Crippen molar-refractivity contribution in [1.82, 2.24) is 4.31 Å². The van der Waals surface area contributed by atoms with Crippen molar-refractivity contribution in [3.63, 3.8) is 0 Å². The Morgan fingerprint density at radius 2 is 1.67 bits per heavy atom. The third-order valence-electron chi connectivity index (χ3n) is 4.02. The Hall–Kier alpha value is -0.580. The number of halogens is 1. The number of piperidine rings is 1. The molecular weight excluding hydrogens is 270 g/mol. The lowest BCUT2D eigenvalue weighted by Crippen LogP contribution is -2.43. The van der Waals surface area contributed by atoms with E-state index in [1.54, 1.807) is 28.6 Å². The van der Waals surface area contributed by atoms with Crippen LogP contribution in [-0.2, 0) is 10.0 Å². The fraction of sp³-hybridized carbons (Fsp3) is 0.538. The highest BCUT2D eigenvalue weighted by Gasteiger charge is 2.44. The van der Waals surface area contributed by atoms with Gasteiger partial charge < -0.3 is 0 Å². The Morgan fingerprint density at radius 3 is 2.28 bits per heavy atom. The summed E-state index contributed by atoms with van der Waals surface area (Å²) in [6.45, 7) is 0. The maximum absolute atomic E-state index is 12.7. The van der Waals surface area contributed by atoms with E-state index >= 15 is 0 Å². The van der Waals surface area contributed by atoms with Gasteiger partial charge in [-0.2, -0.15) is 4.31 Å². The summed E-state index contributed by atoms with van der Waals surface area (Å²) in [4.78, 5) is 0.255. The van der Waals surface area contributed by atoms with Crippen LogP contribution in [0.4, 0.5) is 0 Å². The monoisotopic (exact) mass is 285 g/mol. The summed E-state index contributed by atoms with van der Waals surface area (Å²) in [5.74, 6) is 0. The van der Waals surface area contributed by atoms with Crippen LogP contribution in [0.15, 0.2) is 29.2 Å². The van der Waals surface area contributed by atoms with Crippen molar-refractivity contribution < 1.29 is 8.42 Å². The summed E-state index contributed by atoms with van der Waals surface area (Å²) in [7, 11) is -3.43. The van der Waals surface area contributed by atoms with Crippen LogP contribution in [-0.4, -0.2) is 24.8 Å². The molecule has 0 radical (unpaired) electrons. The van der Waals surface area contributed by atoms with E-state index in [0.717, 1.165) is 32.1 Å². The molecule has 2 saturated heterocycles. The van der Waals surface area contributed by atoms with Gasteiger partial charge >= 0.3 is 0 Å². The number of fused-ring (bicyclic) bond motifs is 2. The molecule has 18 heavy (non-hydrogen) atoms. The van der Waals surface area contributed by atoms with Crippen LogP contribution < -0.4 is 0 Å². The summed E-state index contributed by atoms with van der Waals surface area (Å²) in [5, 5.41) is 0.322. The van der Waals surface area contributed by atoms with Gasteiger partial charge in [0.2, 0.25) is 10.0 Å². The van der Waals surface area contributed by atoms with Gasteiger partial charge in [-0.1, -0.05) is 30.2 Å². The Morgan fingerprint density at radius 1 is 1.06 bits per heavy atom. The summed E-state index contributed by atoms with van der Waals surface area (Å²) >= 11 is 6.04. The highest BCUT2D eigenvalue weighted by atomic mass is 35.5. The van der Waals surface area contributed by atoms with Crippen LogP contribution in [0.5, 0.6) is 0 Å². The third-order valence-corrected chi connectivity index (χ3v) is 6.52. The molecule has 0 spiro atoms. The van der Waals surface area contributed by atoms with Gasteiger partial charge in [0.05, 0.1) is 5.02 Å². The van der Waals surface area contributed by atoms with Gasteiger partial charge in [-0.05, 0) is 37.8 Å². The summed E-state index contributed by atoms with van der Waals surface area (Å²) in [6.07, 6.45) is 5.10. The molecule has 0 amide bonds. The third kappa shape index (κ3) is 1.87. The number of hydrogen-bond acceptors (Lipinski definition) is 2. The van der Waals surface area contributed by atoms with Crippen molar-refractivity contribution in [2.75, 3.05) is 0 Å². The predicted octanol–water partition coefficient (Wildman–Crippen LogP) is 3.05. The van der Waals surface area contributed by atoms with Gasteiger partial charge in [0.1, 0.15) is 4.90 Å². The molecule has 5 heteroatoms. The van der Waals surface area contributed by atoms with Crippen LogP contribution in [0.3, 0.4) is 0 Å². The Kier molecular flexibility index (Phi) is 3.12. The molecule has 1 aromatic carbocycles. The van der Waals surface area contributed by atoms with Crippen LogP contribution in [0.2, 0.25) is 5.02 Å². The topological polar surface area (TPSA) is 37.4 Å². The van der Waals surface area contributed by atoms with Gasteiger partial charge in [-0.25, -0.2) is 8.42 Å². The fourth-order valence-electron chi connectivity index (χ4n) is 3.23. The summed E-state index contributed by atoms with van der Waals surface area (Å²) in [6, 6.07) is 7.10. The number of rotatable bonds is 2. The molecule has 2 aliphatic rings. The van der Waals surface area contributed by atoms with E-state index in [9.17, 15) is 8.42 Å². The first kappa shape index (κ1) is 12.5. The zero-order valence-corrected chi connectivity index (χ0v) is 11.6. The van der Waals surface area contributed by atoms with E-state index in [2.05, 4.69) is 0 Å². The average Bonchev–Trinajstić information content (AvgIpc) is 2.62. The average molecular weight is 286 g/mol. The van der Waals surface area contributed by atoms with Crippen molar-refractivity contribution in [3.8, 4) is 0 Å². The van der Waals surface area contributed by atoms with Gasteiger partial charge in [0, 0.05) is 12.1 Å². The first-order chi connectivity index (χ1) is 8.60. The molecule has 0 N–H and O–H groups in total. The molecule has 98 valence electrons. The summed E-state index contributed by atoms with van der Waals surface area (Å²) < 4.78 is 27.1. The fourth-order valence-corrected chi connectivity index (χ4v) is 5.66. The van der Waals surface area contributed by atoms with Crippen molar-refractivity contribution in [3.05, 3.63) is 29.3 Å². The normalized spacial score (nSPS) is 28.5. The minimum atomic E-state index is -3.43. The number of nitrogens with zero attached hydrogens (tertiary/aromatic N) is 1. The van der Waals surface area contributed by atoms with Gasteiger partial charge in [0.15, 0.2) is 0 Å².